The topological polar surface area (TPSA) is 38.3 Å². The highest BCUT2D eigenvalue weighted by Gasteiger charge is 2.03. The lowest BCUT2D eigenvalue weighted by atomic mass is 10.2. The Bertz CT molecular complexity index is 390. The summed E-state index contributed by atoms with van der Waals surface area (Å²) >= 11 is 5.51. The third-order valence-corrected chi connectivity index (χ3v) is 2.06. The van der Waals surface area contributed by atoms with E-state index in [0.717, 1.165) is 5.56 Å². The van der Waals surface area contributed by atoms with E-state index in [-0.39, 0.29) is 19.1 Å². The van der Waals surface area contributed by atoms with Crippen molar-refractivity contribution in [2.75, 3.05) is 13.2 Å². The van der Waals surface area contributed by atoms with Crippen LogP contribution in [0, 0.1) is 6.92 Å². The van der Waals surface area contributed by atoms with Crippen molar-refractivity contribution in [1.29, 1.82) is 0 Å². The van der Waals surface area contributed by atoms with Gasteiger partial charge in [0.1, 0.15) is 5.75 Å². The number of carbonyl (C=O) groups excluding carboxylic acids is 1. The Balaban J connectivity index is 2.37. The largest absolute Gasteiger partial charge is 0.484 e. The molecular weight excluding hydrogens is 226 g/mol. The summed E-state index contributed by atoms with van der Waals surface area (Å²) in [4.78, 5) is 11.3. The molecule has 0 radical (unpaired) electrons. The van der Waals surface area contributed by atoms with Crippen molar-refractivity contribution in [3.8, 4) is 5.75 Å². The van der Waals surface area contributed by atoms with Gasteiger partial charge in [0.15, 0.2) is 6.61 Å². The zero-order valence-electron chi connectivity index (χ0n) is 9.13. The normalized spacial score (nSPS) is 9.62. The second-order valence-electron chi connectivity index (χ2n) is 3.35. The van der Waals surface area contributed by atoms with Gasteiger partial charge in [-0.3, -0.25) is 4.79 Å². The van der Waals surface area contributed by atoms with Crippen LogP contribution in [0.5, 0.6) is 5.75 Å². The fourth-order valence-corrected chi connectivity index (χ4v) is 1.17. The summed E-state index contributed by atoms with van der Waals surface area (Å²) in [5, 5.41) is 2.97. The summed E-state index contributed by atoms with van der Waals surface area (Å²) in [7, 11) is 0. The summed E-state index contributed by atoms with van der Waals surface area (Å²) < 4.78 is 5.35. The summed E-state index contributed by atoms with van der Waals surface area (Å²) in [6, 6.07) is 7.53. The molecule has 0 unspecified atom stereocenters. The summed E-state index contributed by atoms with van der Waals surface area (Å²) in [6.07, 6.45) is 0. The van der Waals surface area contributed by atoms with Crippen LogP contribution in [0.3, 0.4) is 0 Å². The van der Waals surface area contributed by atoms with Gasteiger partial charge in [-0.1, -0.05) is 36.4 Å². The van der Waals surface area contributed by atoms with E-state index in [0.29, 0.717) is 10.8 Å². The van der Waals surface area contributed by atoms with Crippen LogP contribution in [-0.4, -0.2) is 19.1 Å². The molecule has 0 saturated heterocycles. The van der Waals surface area contributed by atoms with Crippen molar-refractivity contribution in [1.82, 2.24) is 5.32 Å². The average Bonchev–Trinajstić information content (AvgIpc) is 2.25. The molecule has 0 aliphatic heterocycles. The molecule has 0 aromatic heterocycles. The van der Waals surface area contributed by atoms with Gasteiger partial charge in [0.05, 0.1) is 6.54 Å². The van der Waals surface area contributed by atoms with Gasteiger partial charge in [0, 0.05) is 5.03 Å². The number of rotatable bonds is 5. The molecule has 1 amide bonds. The van der Waals surface area contributed by atoms with Crippen LogP contribution in [0.25, 0.3) is 0 Å². The number of ether oxygens (including phenoxy) is 1. The fourth-order valence-electron chi connectivity index (χ4n) is 1.11. The highest BCUT2D eigenvalue weighted by Crippen LogP contribution is 2.15. The number of aryl methyl sites for hydroxylation is 1. The molecule has 0 aliphatic rings. The third kappa shape index (κ3) is 4.36. The van der Waals surface area contributed by atoms with Crippen molar-refractivity contribution < 1.29 is 9.53 Å². The molecule has 0 bridgehead atoms. The lowest BCUT2D eigenvalue weighted by Gasteiger charge is -2.08. The molecule has 16 heavy (non-hydrogen) atoms. The second-order valence-corrected chi connectivity index (χ2v) is 3.88. The van der Waals surface area contributed by atoms with E-state index in [1.165, 1.54) is 0 Å². The van der Waals surface area contributed by atoms with Gasteiger partial charge in [-0.05, 0) is 18.6 Å². The van der Waals surface area contributed by atoms with Crippen molar-refractivity contribution >= 4 is 17.5 Å². The number of amides is 1. The Morgan fingerprint density at radius 1 is 1.50 bits per heavy atom. The van der Waals surface area contributed by atoms with Crippen LogP contribution in [0.15, 0.2) is 35.9 Å². The average molecular weight is 240 g/mol. The van der Waals surface area contributed by atoms with Gasteiger partial charge < -0.3 is 10.1 Å². The zero-order chi connectivity index (χ0) is 12.0. The molecule has 1 rings (SSSR count). The number of hydrogen-bond acceptors (Lipinski definition) is 2. The van der Waals surface area contributed by atoms with Gasteiger partial charge >= 0.3 is 0 Å². The van der Waals surface area contributed by atoms with Gasteiger partial charge in [0.25, 0.3) is 5.91 Å². The fraction of sp³-hybridized carbons (Fsp3) is 0.250. The van der Waals surface area contributed by atoms with Crippen LogP contribution in [-0.2, 0) is 4.79 Å². The lowest BCUT2D eigenvalue weighted by Crippen LogP contribution is -2.29. The van der Waals surface area contributed by atoms with Crippen molar-refractivity contribution in [3.63, 3.8) is 0 Å². The lowest BCUT2D eigenvalue weighted by molar-refractivity contribution is -0.122. The molecule has 1 aromatic carbocycles. The number of para-hydroxylation sites is 1. The first-order valence-corrected chi connectivity index (χ1v) is 5.26. The van der Waals surface area contributed by atoms with Crippen LogP contribution in [0.4, 0.5) is 0 Å². The van der Waals surface area contributed by atoms with E-state index >= 15 is 0 Å². The number of halogens is 1. The van der Waals surface area contributed by atoms with Crippen LogP contribution in [0.1, 0.15) is 5.56 Å². The Morgan fingerprint density at radius 2 is 2.19 bits per heavy atom. The number of hydrogen-bond donors (Lipinski definition) is 1. The van der Waals surface area contributed by atoms with E-state index in [9.17, 15) is 4.79 Å². The van der Waals surface area contributed by atoms with E-state index in [1.54, 1.807) is 0 Å². The minimum Gasteiger partial charge on any atom is -0.484 e. The summed E-state index contributed by atoms with van der Waals surface area (Å²) in [5.41, 5.74) is 0.997. The molecule has 0 heterocycles. The van der Waals surface area contributed by atoms with Crippen molar-refractivity contribution in [3.05, 3.63) is 41.4 Å². The standard InChI is InChI=1S/C12H14ClNO2/c1-9-5-3-4-6-11(9)16-8-12(15)14-7-10(2)13/h3-6H,2,7-8H2,1H3,(H,14,15). The van der Waals surface area contributed by atoms with Crippen LogP contribution >= 0.6 is 11.6 Å². The molecule has 0 fully saturated rings. The Kier molecular flexibility index (Phi) is 4.86. The van der Waals surface area contributed by atoms with E-state index in [1.807, 2.05) is 31.2 Å². The van der Waals surface area contributed by atoms with E-state index in [2.05, 4.69) is 11.9 Å². The zero-order valence-corrected chi connectivity index (χ0v) is 9.88. The SMILES string of the molecule is C=C(Cl)CNC(=O)COc1ccccc1C. The first kappa shape index (κ1) is 12.6. The van der Waals surface area contributed by atoms with Crippen LogP contribution in [0.2, 0.25) is 0 Å². The van der Waals surface area contributed by atoms with Crippen LogP contribution < -0.4 is 10.1 Å². The second kappa shape index (κ2) is 6.18. The molecular formula is C12H14ClNO2. The van der Waals surface area contributed by atoms with E-state index in [4.69, 9.17) is 16.3 Å². The maximum atomic E-state index is 11.3. The summed E-state index contributed by atoms with van der Waals surface area (Å²) in [5.74, 6) is 0.493. The monoisotopic (exact) mass is 239 g/mol. The van der Waals surface area contributed by atoms with Gasteiger partial charge in [-0.15, -0.1) is 0 Å². The van der Waals surface area contributed by atoms with Crippen molar-refractivity contribution in [2.45, 2.75) is 6.92 Å². The third-order valence-electron chi connectivity index (χ3n) is 1.93. The minimum atomic E-state index is -0.218. The van der Waals surface area contributed by atoms with Crippen molar-refractivity contribution in [2.24, 2.45) is 0 Å². The quantitative estimate of drug-likeness (QED) is 0.856. The Morgan fingerprint density at radius 3 is 2.81 bits per heavy atom. The molecule has 0 spiro atoms. The van der Waals surface area contributed by atoms with E-state index < -0.39 is 0 Å². The molecule has 0 saturated carbocycles. The first-order chi connectivity index (χ1) is 7.59. The molecule has 0 atom stereocenters. The minimum absolute atomic E-state index is 0.0188. The highest BCUT2D eigenvalue weighted by molar-refractivity contribution is 6.29. The van der Waals surface area contributed by atoms with Gasteiger partial charge in [-0.25, -0.2) is 0 Å². The number of nitrogens with one attached hydrogen (secondary N) is 1. The first-order valence-electron chi connectivity index (χ1n) is 4.88. The van der Waals surface area contributed by atoms with Gasteiger partial charge in [-0.2, -0.15) is 0 Å². The predicted octanol–water partition coefficient (Wildman–Crippen LogP) is 2.24. The summed E-state index contributed by atoms with van der Waals surface area (Å²) in [6.45, 7) is 5.64. The highest BCUT2D eigenvalue weighted by atomic mass is 35.5. The number of carbonyl (C=O) groups is 1. The molecule has 1 aromatic rings. The predicted molar refractivity (Wildman–Crippen MR) is 64.7 cm³/mol. The Labute approximate surface area is 100 Å². The van der Waals surface area contributed by atoms with Gasteiger partial charge in [0.2, 0.25) is 0 Å². The smallest absolute Gasteiger partial charge is 0.258 e. The molecule has 86 valence electrons. The Hall–Kier alpha value is -1.48. The molecule has 4 heteroatoms. The molecule has 3 nitrogen and oxygen atoms in total. The number of benzene rings is 1. The maximum Gasteiger partial charge on any atom is 0.258 e. The molecule has 0 aliphatic carbocycles. The maximum absolute atomic E-state index is 11.3. The molecule has 1 N–H and O–H groups in total.